The first kappa shape index (κ1) is 26.3. The molecule has 3 heterocycles. The van der Waals surface area contributed by atoms with E-state index in [-0.39, 0.29) is 11.6 Å². The maximum Gasteiger partial charge on any atom is 0.225 e. The average molecular weight is 514 g/mol. The Morgan fingerprint density at radius 1 is 1.16 bits per heavy atom. The number of nitrogens with zero attached hydrogens (tertiary/aromatic N) is 6. The van der Waals surface area contributed by atoms with Crippen molar-refractivity contribution in [2.24, 2.45) is 4.99 Å². The Labute approximate surface area is 226 Å². The molecule has 2 aliphatic heterocycles. The highest BCUT2D eigenvalue weighted by molar-refractivity contribution is 5.90. The maximum atomic E-state index is 10.9. The van der Waals surface area contributed by atoms with Crippen molar-refractivity contribution in [2.45, 2.75) is 57.7 Å². The Kier molecular flexibility index (Phi) is 7.45. The van der Waals surface area contributed by atoms with Crippen molar-refractivity contribution in [1.29, 1.82) is 0 Å². The van der Waals surface area contributed by atoms with Gasteiger partial charge in [0.25, 0.3) is 0 Å². The van der Waals surface area contributed by atoms with Gasteiger partial charge in [0.15, 0.2) is 0 Å². The SMILES string of the molecule is C=C(C=O)CN1CCN(C(CC)c2ccc(C3(Nc4ncc5c(n4)N(C(C)C)C(=C)N=C5)CC3)cc2)CC1. The van der Waals surface area contributed by atoms with Gasteiger partial charge in [-0.2, -0.15) is 4.98 Å². The van der Waals surface area contributed by atoms with Crippen LogP contribution < -0.4 is 10.2 Å². The zero-order chi connectivity index (χ0) is 26.9. The first-order valence-electron chi connectivity index (χ1n) is 13.7. The predicted octanol–water partition coefficient (Wildman–Crippen LogP) is 4.52. The standard InChI is InChI=1S/C30H39N7O/c1-6-27(36-15-13-35(14-16-36)19-22(4)20-38)24-7-9-26(10-8-24)30(11-12-30)34-29-32-18-25-17-31-23(5)37(21(2)3)28(25)33-29/h7-10,17-18,20-21,27H,4-6,11-16,19H2,1-3H3,(H,32,33,34). The average Bonchev–Trinajstić information content (AvgIpc) is 3.70. The van der Waals surface area contributed by atoms with Gasteiger partial charge in [-0.15, -0.1) is 0 Å². The summed E-state index contributed by atoms with van der Waals surface area (Å²) >= 11 is 0. The van der Waals surface area contributed by atoms with Crippen molar-refractivity contribution in [1.82, 2.24) is 19.8 Å². The van der Waals surface area contributed by atoms with E-state index in [2.05, 4.69) is 88.2 Å². The van der Waals surface area contributed by atoms with E-state index in [4.69, 9.17) is 4.98 Å². The molecule has 0 amide bonds. The van der Waals surface area contributed by atoms with Gasteiger partial charge in [0.1, 0.15) is 17.9 Å². The van der Waals surface area contributed by atoms with Crippen molar-refractivity contribution in [2.75, 3.05) is 42.9 Å². The van der Waals surface area contributed by atoms with Crippen LogP contribution in [0.2, 0.25) is 0 Å². The molecule has 8 heteroatoms. The van der Waals surface area contributed by atoms with E-state index in [0.29, 0.717) is 29.9 Å². The molecule has 38 heavy (non-hydrogen) atoms. The lowest BCUT2D eigenvalue weighted by Crippen LogP contribution is -2.48. The van der Waals surface area contributed by atoms with Crippen LogP contribution in [0.5, 0.6) is 0 Å². The Balaban J connectivity index is 1.27. The van der Waals surface area contributed by atoms with E-state index < -0.39 is 0 Å². The molecule has 8 nitrogen and oxygen atoms in total. The van der Waals surface area contributed by atoms with Crippen molar-refractivity contribution in [3.8, 4) is 0 Å². The number of benzene rings is 1. The molecule has 1 aliphatic carbocycles. The molecule has 1 atom stereocenters. The van der Waals surface area contributed by atoms with Gasteiger partial charge in [0, 0.05) is 57.2 Å². The predicted molar refractivity (Wildman–Crippen MR) is 154 cm³/mol. The van der Waals surface area contributed by atoms with Gasteiger partial charge in [-0.25, -0.2) is 9.98 Å². The highest BCUT2D eigenvalue weighted by Crippen LogP contribution is 2.48. The van der Waals surface area contributed by atoms with Crippen LogP contribution in [0.4, 0.5) is 11.8 Å². The highest BCUT2D eigenvalue weighted by Gasteiger charge is 2.45. The summed E-state index contributed by atoms with van der Waals surface area (Å²) in [6.07, 6.45) is 7.68. The third-order valence-corrected chi connectivity index (χ3v) is 7.95. The molecule has 3 aliphatic rings. The molecule has 1 N–H and O–H groups in total. The number of carbonyl (C=O) groups excluding carboxylic acids is 1. The molecule has 1 saturated heterocycles. The fraction of sp³-hybridized carbons (Fsp3) is 0.467. The lowest BCUT2D eigenvalue weighted by Gasteiger charge is -2.39. The summed E-state index contributed by atoms with van der Waals surface area (Å²) in [5, 5.41) is 3.65. The lowest BCUT2D eigenvalue weighted by atomic mass is 9.97. The Bertz CT molecular complexity index is 1220. The third-order valence-electron chi connectivity index (χ3n) is 7.95. The quantitative estimate of drug-likeness (QED) is 0.370. The first-order chi connectivity index (χ1) is 18.3. The summed E-state index contributed by atoms with van der Waals surface area (Å²) < 4.78 is 0. The largest absolute Gasteiger partial charge is 0.345 e. The van der Waals surface area contributed by atoms with Crippen LogP contribution in [0.1, 0.15) is 62.8 Å². The lowest BCUT2D eigenvalue weighted by molar-refractivity contribution is -0.105. The fourth-order valence-corrected chi connectivity index (χ4v) is 5.71. The molecule has 5 rings (SSSR count). The zero-order valence-electron chi connectivity index (χ0n) is 22.9. The molecule has 1 unspecified atom stereocenters. The summed E-state index contributed by atoms with van der Waals surface area (Å²) in [7, 11) is 0. The number of rotatable bonds is 10. The number of hydrogen-bond donors (Lipinski definition) is 1. The Morgan fingerprint density at radius 3 is 2.47 bits per heavy atom. The second kappa shape index (κ2) is 10.8. The highest BCUT2D eigenvalue weighted by atomic mass is 16.1. The third kappa shape index (κ3) is 5.28. The number of carbonyl (C=O) groups is 1. The molecule has 2 fully saturated rings. The van der Waals surface area contributed by atoms with Gasteiger partial charge in [-0.05, 0) is 49.8 Å². The normalized spacial score (nSPS) is 19.8. The van der Waals surface area contributed by atoms with Crippen molar-refractivity contribution >= 4 is 24.3 Å². The monoisotopic (exact) mass is 513 g/mol. The van der Waals surface area contributed by atoms with E-state index in [9.17, 15) is 4.79 Å². The molecule has 1 aromatic carbocycles. The second-order valence-electron chi connectivity index (χ2n) is 11.0. The van der Waals surface area contributed by atoms with Crippen LogP contribution in [0.3, 0.4) is 0 Å². The van der Waals surface area contributed by atoms with Gasteiger partial charge in [0.2, 0.25) is 5.95 Å². The molecule has 2 aromatic rings. The fourth-order valence-electron chi connectivity index (χ4n) is 5.71. The van der Waals surface area contributed by atoms with Crippen molar-refractivity contribution in [3.05, 3.63) is 71.7 Å². The van der Waals surface area contributed by atoms with Gasteiger partial charge in [-0.1, -0.05) is 44.3 Å². The van der Waals surface area contributed by atoms with Crippen LogP contribution in [0.15, 0.2) is 60.0 Å². The van der Waals surface area contributed by atoms with E-state index >= 15 is 0 Å². The number of anilines is 2. The summed E-state index contributed by atoms with van der Waals surface area (Å²) in [6, 6.07) is 9.73. The molecule has 1 aromatic heterocycles. The van der Waals surface area contributed by atoms with Gasteiger partial charge in [0.05, 0.1) is 11.1 Å². The van der Waals surface area contributed by atoms with Crippen LogP contribution in [0, 0.1) is 0 Å². The molecular formula is C30H39N7O. The minimum Gasteiger partial charge on any atom is -0.345 e. The number of nitrogens with one attached hydrogen (secondary N) is 1. The number of hydrogen-bond acceptors (Lipinski definition) is 8. The number of fused-ring (bicyclic) bond motifs is 1. The maximum absolute atomic E-state index is 10.9. The zero-order valence-corrected chi connectivity index (χ0v) is 22.9. The van der Waals surface area contributed by atoms with E-state index in [1.807, 2.05) is 6.20 Å². The Hall–Kier alpha value is -3.36. The van der Waals surface area contributed by atoms with Crippen LogP contribution in [-0.2, 0) is 10.3 Å². The van der Waals surface area contributed by atoms with Crippen LogP contribution >= 0.6 is 0 Å². The molecule has 0 spiro atoms. The summed E-state index contributed by atoms with van der Waals surface area (Å²) in [5.41, 5.74) is 4.07. The second-order valence-corrected chi connectivity index (χ2v) is 11.0. The minimum atomic E-state index is -0.122. The number of aldehydes is 1. The summed E-state index contributed by atoms with van der Waals surface area (Å²) in [5.74, 6) is 2.19. The van der Waals surface area contributed by atoms with Gasteiger partial charge >= 0.3 is 0 Å². The number of aliphatic imine (C=N–C) groups is 1. The molecule has 1 saturated carbocycles. The topological polar surface area (TPSA) is 77.0 Å². The molecule has 200 valence electrons. The number of piperazine rings is 1. The number of aromatic nitrogens is 2. The van der Waals surface area contributed by atoms with Crippen molar-refractivity contribution in [3.63, 3.8) is 0 Å². The minimum absolute atomic E-state index is 0.122. The van der Waals surface area contributed by atoms with Crippen LogP contribution in [-0.4, -0.2) is 71.0 Å². The molecule has 0 bridgehead atoms. The van der Waals surface area contributed by atoms with E-state index in [0.717, 1.165) is 63.1 Å². The molecular weight excluding hydrogens is 474 g/mol. The van der Waals surface area contributed by atoms with Crippen LogP contribution in [0.25, 0.3) is 0 Å². The van der Waals surface area contributed by atoms with Gasteiger partial charge < -0.3 is 10.2 Å². The Morgan fingerprint density at radius 2 is 1.87 bits per heavy atom. The van der Waals surface area contributed by atoms with E-state index in [1.165, 1.54) is 11.1 Å². The van der Waals surface area contributed by atoms with Gasteiger partial charge in [-0.3, -0.25) is 14.6 Å². The van der Waals surface area contributed by atoms with Crippen molar-refractivity contribution < 1.29 is 4.79 Å². The smallest absolute Gasteiger partial charge is 0.225 e. The summed E-state index contributed by atoms with van der Waals surface area (Å²) in [6.45, 7) is 19.0. The van der Waals surface area contributed by atoms with E-state index in [1.54, 1.807) is 6.21 Å². The first-order valence-corrected chi connectivity index (χ1v) is 13.7. The molecule has 0 radical (unpaired) electrons. The summed E-state index contributed by atoms with van der Waals surface area (Å²) in [4.78, 5) is 31.8.